The minimum absolute atomic E-state index is 0.0215. The fourth-order valence-electron chi connectivity index (χ4n) is 1.71. The molecule has 0 heterocycles. The maximum atomic E-state index is 11.5. The molecule has 0 aliphatic carbocycles. The minimum Gasteiger partial charge on any atom is -0.467 e. The number of nitrogens with zero attached hydrogens (tertiary/aromatic N) is 1. The average Bonchev–Trinajstić information content (AvgIpc) is 2.47. The molecule has 2 amide bonds. The van der Waals surface area contributed by atoms with Crippen molar-refractivity contribution in [2.45, 2.75) is 12.5 Å². The molecule has 0 radical (unpaired) electrons. The van der Waals surface area contributed by atoms with Gasteiger partial charge in [0.1, 0.15) is 11.7 Å². The molecule has 0 saturated carbocycles. The molecule has 9 nitrogen and oxygen atoms in total. The van der Waals surface area contributed by atoms with E-state index in [-0.39, 0.29) is 17.8 Å². The number of hydrogen-bond acceptors (Lipinski definition) is 6. The molecule has 1 atom stereocenters. The number of hydrogen-bond donors (Lipinski definition) is 2. The van der Waals surface area contributed by atoms with Crippen LogP contribution in [0.4, 0.5) is 11.4 Å². The number of methoxy groups -OCH3 is 1. The summed E-state index contributed by atoms with van der Waals surface area (Å²) in [5.41, 5.74) is 0.161. The van der Waals surface area contributed by atoms with Crippen LogP contribution in [0.2, 0.25) is 0 Å². The molecular weight excluding hydrogens is 282 g/mol. The van der Waals surface area contributed by atoms with Crippen molar-refractivity contribution in [3.63, 3.8) is 0 Å². The van der Waals surface area contributed by atoms with E-state index in [4.69, 9.17) is 0 Å². The summed E-state index contributed by atoms with van der Waals surface area (Å²) in [6.07, 6.45) is 0.694. The lowest BCUT2D eigenvalue weighted by Gasteiger charge is -2.13. The third kappa shape index (κ3) is 4.27. The molecule has 1 rings (SSSR count). The Morgan fingerprint density at radius 1 is 1.43 bits per heavy atom. The smallest absolute Gasteiger partial charge is 0.328 e. The Kier molecular flexibility index (Phi) is 5.80. The van der Waals surface area contributed by atoms with E-state index in [1.807, 2.05) is 0 Å². The van der Waals surface area contributed by atoms with E-state index in [9.17, 15) is 24.5 Å². The van der Waals surface area contributed by atoms with Crippen molar-refractivity contribution in [1.29, 1.82) is 0 Å². The maximum Gasteiger partial charge on any atom is 0.328 e. The summed E-state index contributed by atoms with van der Waals surface area (Å²) < 4.78 is 4.52. The number of anilines is 1. The number of benzene rings is 1. The molecule has 0 saturated heterocycles. The monoisotopic (exact) mass is 295 g/mol. The largest absolute Gasteiger partial charge is 0.467 e. The second-order valence-corrected chi connectivity index (χ2v) is 3.94. The van der Waals surface area contributed by atoms with Crippen molar-refractivity contribution in [2.75, 3.05) is 12.4 Å². The van der Waals surface area contributed by atoms with Gasteiger partial charge in [-0.05, 0) is 11.6 Å². The molecule has 0 bridgehead atoms. The lowest BCUT2D eigenvalue weighted by atomic mass is 10.0. The Bertz CT molecular complexity index is 560. The van der Waals surface area contributed by atoms with Gasteiger partial charge in [0.15, 0.2) is 0 Å². The second kappa shape index (κ2) is 7.58. The summed E-state index contributed by atoms with van der Waals surface area (Å²) in [7, 11) is 1.17. The highest BCUT2D eigenvalue weighted by atomic mass is 16.6. The van der Waals surface area contributed by atoms with Gasteiger partial charge in [0.25, 0.3) is 5.69 Å². The third-order valence-electron chi connectivity index (χ3n) is 2.67. The molecule has 0 aliphatic heterocycles. The highest BCUT2D eigenvalue weighted by Gasteiger charge is 2.21. The van der Waals surface area contributed by atoms with Crippen LogP contribution in [0.25, 0.3) is 0 Å². The molecule has 0 unspecified atom stereocenters. The summed E-state index contributed by atoms with van der Waals surface area (Å²) in [6, 6.07) is 3.11. The van der Waals surface area contributed by atoms with Gasteiger partial charge in [-0.2, -0.15) is 0 Å². The highest BCUT2D eigenvalue weighted by molar-refractivity contribution is 5.79. The van der Waals surface area contributed by atoms with Gasteiger partial charge in [0.2, 0.25) is 12.8 Å². The predicted molar refractivity (Wildman–Crippen MR) is 71.5 cm³/mol. The molecule has 2 N–H and O–H groups in total. The van der Waals surface area contributed by atoms with Crippen LogP contribution >= 0.6 is 0 Å². The van der Waals surface area contributed by atoms with Crippen LogP contribution in [0.3, 0.4) is 0 Å². The van der Waals surface area contributed by atoms with E-state index < -0.39 is 16.9 Å². The Hall–Kier alpha value is -2.97. The topological polar surface area (TPSA) is 128 Å². The lowest BCUT2D eigenvalue weighted by molar-refractivity contribution is -0.384. The Balaban J connectivity index is 3.04. The maximum absolute atomic E-state index is 11.5. The number of carbonyl (C=O) groups is 3. The zero-order chi connectivity index (χ0) is 15.8. The normalized spacial score (nSPS) is 11.1. The number of nitro benzene ring substituents is 1. The van der Waals surface area contributed by atoms with Gasteiger partial charge in [0.05, 0.1) is 12.0 Å². The van der Waals surface area contributed by atoms with Crippen LogP contribution in [0.5, 0.6) is 0 Å². The van der Waals surface area contributed by atoms with Crippen molar-refractivity contribution in [2.24, 2.45) is 0 Å². The Morgan fingerprint density at radius 3 is 2.67 bits per heavy atom. The molecule has 1 aromatic rings. The van der Waals surface area contributed by atoms with Crippen molar-refractivity contribution >= 4 is 30.2 Å². The number of esters is 1. The number of nitrogens with one attached hydrogen (secondary N) is 2. The Labute approximate surface area is 119 Å². The van der Waals surface area contributed by atoms with Gasteiger partial charge in [-0.25, -0.2) is 4.79 Å². The SMILES string of the molecule is COC(=O)[C@H](Cc1ccc(NC=O)c([N+](=O)[O-])c1)NC=O. The minimum atomic E-state index is -0.947. The first-order valence-electron chi connectivity index (χ1n) is 5.78. The highest BCUT2D eigenvalue weighted by Crippen LogP contribution is 2.25. The first-order valence-corrected chi connectivity index (χ1v) is 5.78. The van der Waals surface area contributed by atoms with Gasteiger partial charge in [0, 0.05) is 12.5 Å². The van der Waals surface area contributed by atoms with Gasteiger partial charge in [-0.3, -0.25) is 19.7 Å². The van der Waals surface area contributed by atoms with Crippen LogP contribution < -0.4 is 10.6 Å². The molecule has 21 heavy (non-hydrogen) atoms. The first-order chi connectivity index (χ1) is 10.0. The first kappa shape index (κ1) is 16.1. The summed E-state index contributed by atoms with van der Waals surface area (Å²) >= 11 is 0. The number of carbonyl (C=O) groups excluding carboxylic acids is 3. The number of ether oxygens (including phenoxy) is 1. The zero-order valence-electron chi connectivity index (χ0n) is 11.1. The van der Waals surface area contributed by atoms with Crippen molar-refractivity contribution in [3.05, 3.63) is 33.9 Å². The zero-order valence-corrected chi connectivity index (χ0v) is 11.1. The van der Waals surface area contributed by atoms with E-state index in [1.165, 1.54) is 25.3 Å². The Morgan fingerprint density at radius 2 is 2.14 bits per heavy atom. The van der Waals surface area contributed by atoms with Crippen LogP contribution in [0.15, 0.2) is 18.2 Å². The average molecular weight is 295 g/mol. The van der Waals surface area contributed by atoms with E-state index >= 15 is 0 Å². The lowest BCUT2D eigenvalue weighted by Crippen LogP contribution is -2.38. The molecule has 0 aromatic heterocycles. The van der Waals surface area contributed by atoms with Gasteiger partial charge in [-0.15, -0.1) is 0 Å². The van der Waals surface area contributed by atoms with Gasteiger partial charge in [-0.1, -0.05) is 6.07 Å². The third-order valence-corrected chi connectivity index (χ3v) is 2.67. The van der Waals surface area contributed by atoms with Gasteiger partial charge < -0.3 is 15.4 Å². The molecule has 0 spiro atoms. The summed E-state index contributed by atoms with van der Waals surface area (Å²) in [6.45, 7) is 0. The molecular formula is C12H13N3O6. The number of rotatable bonds is 8. The standard InChI is InChI=1S/C12H13N3O6/c1-21-12(18)10(14-7-17)4-8-2-3-9(13-6-16)11(5-8)15(19)20/h2-3,5-7,10H,4H2,1H3,(H,13,16)(H,14,17)/t10-/m0/s1. The fourth-order valence-corrected chi connectivity index (χ4v) is 1.71. The molecule has 0 aliphatic rings. The van der Waals surface area contributed by atoms with E-state index in [1.54, 1.807) is 0 Å². The van der Waals surface area contributed by atoms with E-state index in [2.05, 4.69) is 15.4 Å². The summed E-state index contributed by atoms with van der Waals surface area (Å²) in [5, 5.41) is 15.4. The van der Waals surface area contributed by atoms with Crippen LogP contribution in [0.1, 0.15) is 5.56 Å². The molecule has 0 fully saturated rings. The quantitative estimate of drug-likeness (QED) is 0.300. The fraction of sp³-hybridized carbons (Fsp3) is 0.250. The van der Waals surface area contributed by atoms with E-state index in [0.29, 0.717) is 18.4 Å². The second-order valence-electron chi connectivity index (χ2n) is 3.94. The van der Waals surface area contributed by atoms with Crippen molar-refractivity contribution in [1.82, 2.24) is 5.32 Å². The van der Waals surface area contributed by atoms with Crippen LogP contribution in [-0.4, -0.2) is 36.9 Å². The van der Waals surface area contributed by atoms with E-state index in [0.717, 1.165) is 0 Å². The molecule has 112 valence electrons. The predicted octanol–water partition coefficient (Wildman–Crippen LogP) is -0.00680. The van der Waals surface area contributed by atoms with Crippen LogP contribution in [0, 0.1) is 10.1 Å². The van der Waals surface area contributed by atoms with Crippen molar-refractivity contribution < 1.29 is 24.0 Å². The van der Waals surface area contributed by atoms with Crippen molar-refractivity contribution in [3.8, 4) is 0 Å². The number of nitro groups is 1. The molecule has 1 aromatic carbocycles. The molecule has 9 heteroatoms. The summed E-state index contributed by atoms with van der Waals surface area (Å²) in [4.78, 5) is 42.6. The van der Waals surface area contributed by atoms with Crippen LogP contribution in [-0.2, 0) is 25.5 Å². The summed E-state index contributed by atoms with van der Waals surface area (Å²) in [5.74, 6) is -0.667. The number of amides is 2. The van der Waals surface area contributed by atoms with Gasteiger partial charge >= 0.3 is 5.97 Å².